The summed E-state index contributed by atoms with van der Waals surface area (Å²) in [7, 11) is 5.29. The number of methoxy groups -OCH3 is 2. The van der Waals surface area contributed by atoms with E-state index >= 15 is 0 Å². The summed E-state index contributed by atoms with van der Waals surface area (Å²) in [5.74, 6) is -0.442. The smallest absolute Gasteiger partial charge is 0.171 e. The molecule has 0 amide bonds. The molecule has 0 saturated carbocycles. The number of hydrogen-bond donors (Lipinski definition) is 0. The van der Waals surface area contributed by atoms with Crippen molar-refractivity contribution < 1.29 is 19.0 Å². The molecule has 2 atom stereocenters. The lowest BCUT2D eigenvalue weighted by Gasteiger charge is -2.46. The van der Waals surface area contributed by atoms with Crippen molar-refractivity contribution in [2.75, 3.05) is 34.5 Å². The SMILES string of the molecule is COC(C)(CC(=O)C1CC2COCC(C1)N2C)OC. The number of likely N-dealkylation sites (N-methyl/N-ethyl adjacent to an activating group) is 1. The van der Waals surface area contributed by atoms with Gasteiger partial charge < -0.3 is 14.2 Å². The van der Waals surface area contributed by atoms with Crippen molar-refractivity contribution in [3.8, 4) is 0 Å². The van der Waals surface area contributed by atoms with Gasteiger partial charge in [0.25, 0.3) is 0 Å². The molecule has 2 saturated heterocycles. The van der Waals surface area contributed by atoms with Crippen LogP contribution in [0.5, 0.6) is 0 Å². The summed E-state index contributed by atoms with van der Waals surface area (Å²) in [5, 5.41) is 0. The highest BCUT2D eigenvalue weighted by atomic mass is 16.7. The molecule has 19 heavy (non-hydrogen) atoms. The number of carbonyl (C=O) groups is 1. The Morgan fingerprint density at radius 1 is 1.26 bits per heavy atom. The molecule has 2 unspecified atom stereocenters. The molecule has 5 nitrogen and oxygen atoms in total. The summed E-state index contributed by atoms with van der Waals surface area (Å²) in [6.45, 7) is 3.29. The molecular weight excluding hydrogens is 246 g/mol. The summed E-state index contributed by atoms with van der Waals surface area (Å²) >= 11 is 0. The zero-order valence-corrected chi connectivity index (χ0v) is 12.3. The Morgan fingerprint density at radius 2 is 1.79 bits per heavy atom. The van der Waals surface area contributed by atoms with Crippen LogP contribution in [0.2, 0.25) is 0 Å². The van der Waals surface area contributed by atoms with E-state index in [0.29, 0.717) is 18.5 Å². The van der Waals surface area contributed by atoms with E-state index < -0.39 is 5.79 Å². The van der Waals surface area contributed by atoms with Crippen LogP contribution in [-0.4, -0.2) is 63.0 Å². The van der Waals surface area contributed by atoms with E-state index in [2.05, 4.69) is 11.9 Å². The fourth-order valence-electron chi connectivity index (χ4n) is 3.05. The molecule has 2 aliphatic rings. The molecule has 2 fully saturated rings. The number of morpholine rings is 1. The van der Waals surface area contributed by atoms with E-state index in [-0.39, 0.29) is 11.7 Å². The molecule has 5 heteroatoms. The van der Waals surface area contributed by atoms with Gasteiger partial charge in [0.1, 0.15) is 5.78 Å². The second-order valence-corrected chi connectivity index (χ2v) is 5.86. The van der Waals surface area contributed by atoms with Crippen molar-refractivity contribution in [1.82, 2.24) is 4.90 Å². The molecule has 0 aromatic rings. The number of fused-ring (bicyclic) bond motifs is 2. The number of hydrogen-bond acceptors (Lipinski definition) is 5. The van der Waals surface area contributed by atoms with Gasteiger partial charge in [-0.3, -0.25) is 9.69 Å². The van der Waals surface area contributed by atoms with Gasteiger partial charge in [0.05, 0.1) is 19.6 Å². The van der Waals surface area contributed by atoms with Gasteiger partial charge in [0.2, 0.25) is 0 Å². The van der Waals surface area contributed by atoms with Gasteiger partial charge in [0.15, 0.2) is 5.79 Å². The third-order valence-corrected chi connectivity index (χ3v) is 4.70. The maximum absolute atomic E-state index is 12.4. The van der Waals surface area contributed by atoms with Crippen molar-refractivity contribution in [3.63, 3.8) is 0 Å². The lowest BCUT2D eigenvalue weighted by molar-refractivity contribution is -0.199. The first-order chi connectivity index (χ1) is 8.99. The highest BCUT2D eigenvalue weighted by Gasteiger charge is 2.41. The van der Waals surface area contributed by atoms with Gasteiger partial charge in [-0.25, -0.2) is 0 Å². The van der Waals surface area contributed by atoms with Crippen molar-refractivity contribution in [3.05, 3.63) is 0 Å². The van der Waals surface area contributed by atoms with Crippen molar-refractivity contribution >= 4 is 5.78 Å². The number of carbonyl (C=O) groups excluding carboxylic acids is 1. The first kappa shape index (κ1) is 14.9. The second kappa shape index (κ2) is 5.87. The minimum Gasteiger partial charge on any atom is -0.378 e. The van der Waals surface area contributed by atoms with Crippen molar-refractivity contribution in [2.24, 2.45) is 5.92 Å². The molecule has 0 radical (unpaired) electrons. The quantitative estimate of drug-likeness (QED) is 0.700. The molecule has 2 bridgehead atoms. The normalized spacial score (nSPS) is 32.3. The number of nitrogens with zero attached hydrogens (tertiary/aromatic N) is 1. The number of ketones is 1. The van der Waals surface area contributed by atoms with E-state index in [4.69, 9.17) is 14.2 Å². The Balaban J connectivity index is 1.97. The van der Waals surface area contributed by atoms with E-state index in [9.17, 15) is 4.79 Å². The minimum atomic E-state index is -0.800. The number of Topliss-reactive ketones (excluding diaryl/α,β-unsaturated/α-hetero) is 1. The summed E-state index contributed by atoms with van der Waals surface area (Å²) in [5.41, 5.74) is 0. The maximum Gasteiger partial charge on any atom is 0.171 e. The monoisotopic (exact) mass is 271 g/mol. The Labute approximate surface area is 115 Å². The van der Waals surface area contributed by atoms with Crippen LogP contribution in [0.25, 0.3) is 0 Å². The molecule has 0 N–H and O–H groups in total. The maximum atomic E-state index is 12.4. The summed E-state index contributed by atoms with van der Waals surface area (Å²) < 4.78 is 16.1. The average Bonchev–Trinajstić information content (AvgIpc) is 2.38. The van der Waals surface area contributed by atoms with Gasteiger partial charge in [-0.1, -0.05) is 0 Å². The fraction of sp³-hybridized carbons (Fsp3) is 0.929. The van der Waals surface area contributed by atoms with Crippen LogP contribution in [0.4, 0.5) is 0 Å². The Kier molecular flexibility index (Phi) is 4.61. The highest BCUT2D eigenvalue weighted by Crippen LogP contribution is 2.32. The number of rotatable bonds is 5. The molecule has 0 aromatic heterocycles. The van der Waals surface area contributed by atoms with Crippen LogP contribution in [0.15, 0.2) is 0 Å². The van der Waals surface area contributed by atoms with Gasteiger partial charge in [-0.15, -0.1) is 0 Å². The van der Waals surface area contributed by atoms with Crippen LogP contribution in [-0.2, 0) is 19.0 Å². The lowest BCUT2D eigenvalue weighted by atomic mass is 9.81. The van der Waals surface area contributed by atoms with Gasteiger partial charge in [0, 0.05) is 32.2 Å². The van der Waals surface area contributed by atoms with Crippen molar-refractivity contribution in [2.45, 2.75) is 44.1 Å². The molecule has 0 aliphatic carbocycles. The predicted octanol–water partition coefficient (Wildman–Crippen LogP) is 1.06. The zero-order chi connectivity index (χ0) is 14.0. The zero-order valence-electron chi connectivity index (χ0n) is 12.3. The van der Waals surface area contributed by atoms with E-state index in [1.807, 2.05) is 6.92 Å². The van der Waals surface area contributed by atoms with Crippen molar-refractivity contribution in [1.29, 1.82) is 0 Å². The number of piperidine rings is 1. The lowest BCUT2D eigenvalue weighted by Crippen LogP contribution is -2.56. The Hall–Kier alpha value is -0.490. The molecular formula is C14H25NO4. The van der Waals surface area contributed by atoms with Crippen LogP contribution in [0.3, 0.4) is 0 Å². The Bertz CT molecular complexity index is 315. The second-order valence-electron chi connectivity index (χ2n) is 5.86. The molecule has 0 spiro atoms. The third kappa shape index (κ3) is 3.16. The third-order valence-electron chi connectivity index (χ3n) is 4.70. The molecule has 2 aliphatic heterocycles. The summed E-state index contributed by atoms with van der Waals surface area (Å²) in [6.07, 6.45) is 2.08. The fourth-order valence-corrected chi connectivity index (χ4v) is 3.05. The van der Waals surface area contributed by atoms with Crippen LogP contribution < -0.4 is 0 Å². The summed E-state index contributed by atoms with van der Waals surface area (Å²) in [4.78, 5) is 14.8. The van der Waals surface area contributed by atoms with Gasteiger partial charge >= 0.3 is 0 Å². The van der Waals surface area contributed by atoms with E-state index in [1.165, 1.54) is 0 Å². The molecule has 110 valence electrons. The van der Waals surface area contributed by atoms with E-state index in [1.54, 1.807) is 14.2 Å². The van der Waals surface area contributed by atoms with E-state index in [0.717, 1.165) is 26.1 Å². The largest absolute Gasteiger partial charge is 0.378 e. The predicted molar refractivity (Wildman–Crippen MR) is 70.9 cm³/mol. The first-order valence-corrected chi connectivity index (χ1v) is 6.92. The molecule has 0 aromatic carbocycles. The van der Waals surface area contributed by atoms with Crippen LogP contribution >= 0.6 is 0 Å². The first-order valence-electron chi connectivity index (χ1n) is 6.92. The summed E-state index contributed by atoms with van der Waals surface area (Å²) in [6, 6.07) is 0.746. The minimum absolute atomic E-state index is 0.111. The van der Waals surface area contributed by atoms with Gasteiger partial charge in [-0.05, 0) is 26.8 Å². The van der Waals surface area contributed by atoms with Gasteiger partial charge in [-0.2, -0.15) is 0 Å². The topological polar surface area (TPSA) is 48.0 Å². The average molecular weight is 271 g/mol. The Morgan fingerprint density at radius 3 is 2.26 bits per heavy atom. The molecule has 2 rings (SSSR count). The molecule has 2 heterocycles. The highest BCUT2D eigenvalue weighted by molar-refractivity contribution is 5.82. The number of ether oxygens (including phenoxy) is 3. The standard InChI is InChI=1S/C14H25NO4/c1-14(17-3,18-4)7-13(16)10-5-11-8-19-9-12(6-10)15(11)2/h10-12H,5-9H2,1-4H3. The van der Waals surface area contributed by atoms with Crippen LogP contribution in [0.1, 0.15) is 26.2 Å². The van der Waals surface area contributed by atoms with Crippen LogP contribution in [0, 0.1) is 5.92 Å².